The topological polar surface area (TPSA) is 110 Å². The van der Waals surface area contributed by atoms with Gasteiger partial charge in [0, 0.05) is 11.1 Å². The minimum absolute atomic E-state index is 0.0704. The monoisotopic (exact) mass is 504 g/mol. The quantitative estimate of drug-likeness (QED) is 0.387. The lowest BCUT2D eigenvalue weighted by Crippen LogP contribution is -2.39. The van der Waals surface area contributed by atoms with E-state index in [1.54, 1.807) is 24.3 Å². The summed E-state index contributed by atoms with van der Waals surface area (Å²) in [6.07, 6.45) is 0. The van der Waals surface area contributed by atoms with Crippen molar-refractivity contribution in [3.05, 3.63) is 70.6 Å². The summed E-state index contributed by atoms with van der Waals surface area (Å²) in [5, 5.41) is 22.6. The Labute approximate surface area is 207 Å². The van der Waals surface area contributed by atoms with E-state index in [0.717, 1.165) is 0 Å². The maximum atomic E-state index is 13.6. The number of aliphatic hydroxyl groups is 2. The molecule has 0 saturated carbocycles. The van der Waals surface area contributed by atoms with Crippen LogP contribution < -0.4 is 19.5 Å². The molecule has 0 aliphatic heterocycles. The minimum atomic E-state index is -1.55. The van der Waals surface area contributed by atoms with Crippen LogP contribution in [-0.4, -0.2) is 55.1 Å². The summed E-state index contributed by atoms with van der Waals surface area (Å²) in [5.41, 5.74) is -0.126. The highest BCUT2D eigenvalue weighted by atomic mass is 35.5. The average molecular weight is 505 g/mol. The third-order valence-electron chi connectivity index (χ3n) is 5.19. The summed E-state index contributed by atoms with van der Waals surface area (Å²) < 4.78 is 29.6. The molecule has 0 aliphatic carbocycles. The summed E-state index contributed by atoms with van der Waals surface area (Å²) >= 11 is 5.92. The van der Waals surface area contributed by atoms with E-state index in [2.05, 4.69) is 10.3 Å². The standard InChI is InChI=1S/C25H26ClFN2O6/c1-25(32,14-28-24(31)16-5-7-19(35-11-10-30)21(13-16)34-3)22-9-8-20(33-2)23(29-22)15-4-6-18(27)17(26)12-15/h4-9,12-13,30,32H,10-11,14H2,1-3H3,(H,28,31). The van der Waals surface area contributed by atoms with Gasteiger partial charge in [-0.05, 0) is 55.5 Å². The molecule has 3 rings (SSSR count). The highest BCUT2D eigenvalue weighted by Gasteiger charge is 2.27. The van der Waals surface area contributed by atoms with Crippen molar-refractivity contribution in [3.8, 4) is 28.5 Å². The number of rotatable bonds is 10. The fourth-order valence-electron chi connectivity index (χ4n) is 3.29. The predicted octanol–water partition coefficient (Wildman–Crippen LogP) is 3.57. The highest BCUT2D eigenvalue weighted by molar-refractivity contribution is 6.31. The van der Waals surface area contributed by atoms with Crippen molar-refractivity contribution in [3.63, 3.8) is 0 Å². The van der Waals surface area contributed by atoms with E-state index in [1.165, 1.54) is 45.4 Å². The summed E-state index contributed by atoms with van der Waals surface area (Å²) in [6, 6.07) is 12.0. The summed E-state index contributed by atoms with van der Waals surface area (Å²) in [7, 11) is 2.91. The number of halogens is 2. The zero-order valence-electron chi connectivity index (χ0n) is 19.5. The molecule has 2 aromatic carbocycles. The SMILES string of the molecule is COc1cc(C(=O)NCC(C)(O)c2ccc(OC)c(-c3ccc(F)c(Cl)c3)n2)ccc1OCCO. The van der Waals surface area contributed by atoms with E-state index in [0.29, 0.717) is 34.1 Å². The van der Waals surface area contributed by atoms with Crippen molar-refractivity contribution in [1.29, 1.82) is 0 Å². The average Bonchev–Trinajstić information content (AvgIpc) is 2.87. The smallest absolute Gasteiger partial charge is 0.251 e. The largest absolute Gasteiger partial charge is 0.494 e. The molecule has 0 aliphatic rings. The van der Waals surface area contributed by atoms with Crippen molar-refractivity contribution in [1.82, 2.24) is 10.3 Å². The molecule has 0 fully saturated rings. The molecule has 1 amide bonds. The third kappa shape index (κ3) is 6.19. The van der Waals surface area contributed by atoms with E-state index in [4.69, 9.17) is 30.9 Å². The first-order valence-electron chi connectivity index (χ1n) is 10.6. The van der Waals surface area contributed by atoms with Crippen molar-refractivity contribution >= 4 is 17.5 Å². The number of carbonyl (C=O) groups is 1. The maximum absolute atomic E-state index is 13.6. The van der Waals surface area contributed by atoms with Gasteiger partial charge < -0.3 is 29.7 Å². The van der Waals surface area contributed by atoms with Crippen LogP contribution in [0.3, 0.4) is 0 Å². The fraction of sp³-hybridized carbons (Fsp3) is 0.280. The molecular weight excluding hydrogens is 479 g/mol. The van der Waals surface area contributed by atoms with Crippen LogP contribution >= 0.6 is 11.6 Å². The van der Waals surface area contributed by atoms with E-state index < -0.39 is 17.3 Å². The van der Waals surface area contributed by atoms with Gasteiger partial charge in [0.05, 0.1) is 38.1 Å². The third-order valence-corrected chi connectivity index (χ3v) is 5.48. The van der Waals surface area contributed by atoms with Gasteiger partial charge in [0.1, 0.15) is 29.5 Å². The summed E-state index contributed by atoms with van der Waals surface area (Å²) in [5.74, 6) is 0.117. The zero-order valence-corrected chi connectivity index (χ0v) is 20.2. The molecule has 3 N–H and O–H groups in total. The van der Waals surface area contributed by atoms with Gasteiger partial charge >= 0.3 is 0 Å². The lowest BCUT2D eigenvalue weighted by atomic mass is 9.99. The van der Waals surface area contributed by atoms with Crippen LogP contribution in [0.5, 0.6) is 17.2 Å². The number of carbonyl (C=O) groups excluding carboxylic acids is 1. The Balaban J connectivity index is 1.80. The zero-order chi connectivity index (χ0) is 25.6. The second kappa shape index (κ2) is 11.4. The molecule has 0 saturated heterocycles. The van der Waals surface area contributed by atoms with Gasteiger partial charge in [0.25, 0.3) is 5.91 Å². The molecule has 0 radical (unpaired) electrons. The van der Waals surface area contributed by atoms with Gasteiger partial charge in [-0.1, -0.05) is 11.6 Å². The minimum Gasteiger partial charge on any atom is -0.494 e. The van der Waals surface area contributed by atoms with Gasteiger partial charge in [-0.15, -0.1) is 0 Å². The molecule has 1 aromatic heterocycles. The number of amides is 1. The second-order valence-electron chi connectivity index (χ2n) is 7.77. The number of benzene rings is 2. The number of hydrogen-bond acceptors (Lipinski definition) is 7. The molecule has 0 bridgehead atoms. The van der Waals surface area contributed by atoms with Crippen LogP contribution in [0.15, 0.2) is 48.5 Å². The lowest BCUT2D eigenvalue weighted by Gasteiger charge is -2.24. The second-order valence-corrected chi connectivity index (χ2v) is 8.18. The Morgan fingerprint density at radius 3 is 2.46 bits per heavy atom. The maximum Gasteiger partial charge on any atom is 0.251 e. The van der Waals surface area contributed by atoms with Crippen molar-refractivity contribution in [2.45, 2.75) is 12.5 Å². The van der Waals surface area contributed by atoms with Gasteiger partial charge in [0.2, 0.25) is 0 Å². The van der Waals surface area contributed by atoms with Crippen LogP contribution in [-0.2, 0) is 5.60 Å². The van der Waals surface area contributed by atoms with Gasteiger partial charge in [-0.3, -0.25) is 4.79 Å². The van der Waals surface area contributed by atoms with Gasteiger partial charge in [-0.2, -0.15) is 0 Å². The summed E-state index contributed by atoms with van der Waals surface area (Å²) in [6.45, 7) is 1.29. The van der Waals surface area contributed by atoms with Crippen molar-refractivity contribution in [2.75, 3.05) is 34.0 Å². The Hall–Kier alpha value is -3.40. The molecule has 3 aromatic rings. The molecule has 8 nitrogen and oxygen atoms in total. The normalized spacial score (nSPS) is 12.5. The van der Waals surface area contributed by atoms with Crippen LogP contribution in [0.4, 0.5) is 4.39 Å². The first-order valence-corrected chi connectivity index (χ1v) is 11.0. The molecule has 1 unspecified atom stereocenters. The molecule has 10 heteroatoms. The number of aromatic nitrogens is 1. The molecule has 1 atom stereocenters. The first-order chi connectivity index (χ1) is 16.7. The van der Waals surface area contributed by atoms with Crippen LogP contribution in [0.1, 0.15) is 23.0 Å². The Morgan fingerprint density at radius 1 is 1.09 bits per heavy atom. The molecule has 186 valence electrons. The molecule has 0 spiro atoms. The number of hydrogen-bond donors (Lipinski definition) is 3. The Bertz CT molecular complexity index is 1200. The number of nitrogens with zero attached hydrogens (tertiary/aromatic N) is 1. The molecular formula is C25H26ClFN2O6. The number of pyridine rings is 1. The predicted molar refractivity (Wildman–Crippen MR) is 129 cm³/mol. The van der Waals surface area contributed by atoms with E-state index in [9.17, 15) is 14.3 Å². The van der Waals surface area contributed by atoms with Crippen LogP contribution in [0.2, 0.25) is 5.02 Å². The molecule has 35 heavy (non-hydrogen) atoms. The van der Waals surface area contributed by atoms with E-state index in [1.807, 2.05) is 0 Å². The number of ether oxygens (including phenoxy) is 3. The van der Waals surface area contributed by atoms with Crippen LogP contribution in [0, 0.1) is 5.82 Å². The van der Waals surface area contributed by atoms with E-state index >= 15 is 0 Å². The van der Waals surface area contributed by atoms with Crippen molar-refractivity contribution in [2.24, 2.45) is 0 Å². The van der Waals surface area contributed by atoms with E-state index in [-0.39, 0.29) is 30.5 Å². The number of aliphatic hydroxyl groups excluding tert-OH is 1. The Kier molecular flexibility index (Phi) is 8.50. The fourth-order valence-corrected chi connectivity index (χ4v) is 3.47. The first kappa shape index (κ1) is 26.2. The van der Waals surface area contributed by atoms with Gasteiger partial charge in [-0.25, -0.2) is 9.37 Å². The summed E-state index contributed by atoms with van der Waals surface area (Å²) in [4.78, 5) is 17.2. The molecule has 1 heterocycles. The lowest BCUT2D eigenvalue weighted by molar-refractivity contribution is 0.0489. The van der Waals surface area contributed by atoms with Crippen molar-refractivity contribution < 1.29 is 33.6 Å². The highest BCUT2D eigenvalue weighted by Crippen LogP contribution is 2.33. The van der Waals surface area contributed by atoms with Gasteiger partial charge in [0.15, 0.2) is 11.5 Å². The number of methoxy groups -OCH3 is 2. The van der Waals surface area contributed by atoms with Crippen LogP contribution in [0.25, 0.3) is 11.3 Å². The number of nitrogens with one attached hydrogen (secondary N) is 1. The Morgan fingerprint density at radius 2 is 1.80 bits per heavy atom.